The Kier molecular flexibility index (Phi) is 19.5. The molecule has 1 heterocycles. The summed E-state index contributed by atoms with van der Waals surface area (Å²) in [5, 5.41) is 10.7. The molecule has 14 heteroatoms. The van der Waals surface area contributed by atoms with Gasteiger partial charge in [0.05, 0.1) is 27.3 Å². The van der Waals surface area contributed by atoms with Crippen LogP contribution in [-0.4, -0.2) is 89.9 Å². The standard InChI is InChI=1S/C18H28O5.C18H30O2.C12H22O2.C10H16O5/c1-4-16(2,3)15(20)22-10-14(19)23-18-8-12-5-13(9-18)7-17(21,6-12)11-18;1-5-17(3,4)16(19)20-18(6-2)14-8-12-7-13(10-14)11-15(18)9-12;1-5-12(3,4)11(13)14-10-8-6-7-9(10)2;1-4-10(2,3)8(11)13-5-7-6-14-9(12)15-7/h12-13,21H,4-11H2,1-3H3;12-15H,5-11H2,1-4H3;9-10H,5-8H2,1-4H3;7H,4-6H2,1-3H3. The van der Waals surface area contributed by atoms with Gasteiger partial charge >= 0.3 is 36.0 Å². The van der Waals surface area contributed by atoms with Crippen LogP contribution < -0.4 is 0 Å². The van der Waals surface area contributed by atoms with Crippen molar-refractivity contribution in [2.24, 2.45) is 63.1 Å². The molecule has 9 aliphatic carbocycles. The minimum absolute atomic E-state index is 0.0289. The zero-order chi connectivity index (χ0) is 53.7. The Balaban J connectivity index is 0.000000182. The number of aliphatic hydroxyl groups is 1. The summed E-state index contributed by atoms with van der Waals surface area (Å²) >= 11 is 0. The fraction of sp³-hybridized carbons (Fsp3) is 0.897. The Morgan fingerprint density at radius 3 is 1.56 bits per heavy atom. The predicted octanol–water partition coefficient (Wildman–Crippen LogP) is 11.8. The molecule has 9 saturated carbocycles. The van der Waals surface area contributed by atoms with Gasteiger partial charge in [-0.1, -0.05) is 41.5 Å². The minimum atomic E-state index is -0.703. The first-order valence-electron chi connectivity index (χ1n) is 28.1. The van der Waals surface area contributed by atoms with Crippen LogP contribution in [0.3, 0.4) is 0 Å². The van der Waals surface area contributed by atoms with E-state index >= 15 is 0 Å². The fourth-order valence-electron chi connectivity index (χ4n) is 12.9. The Morgan fingerprint density at radius 1 is 0.625 bits per heavy atom. The molecule has 0 aromatic heterocycles. The second-order valence-electron chi connectivity index (χ2n) is 26.1. The molecule has 1 saturated heterocycles. The molecule has 10 rings (SSSR count). The summed E-state index contributed by atoms with van der Waals surface area (Å²) in [5.74, 6) is 3.45. The van der Waals surface area contributed by atoms with Gasteiger partial charge in [-0.05, 0) is 212 Å². The van der Waals surface area contributed by atoms with Crippen LogP contribution in [0.25, 0.3) is 0 Å². The normalized spacial score (nSPS) is 33.9. The monoisotopic (exact) mass is 1020 g/mol. The number of esters is 5. The SMILES string of the molecule is CCC(C)(C)C(=O)OC1(CC)C2CC3CC(C2)CC1C3.CCC(C)(C)C(=O)OC1CCCC1C.CCC(C)(C)C(=O)OCC(=O)OC12CC3CC(CC(O)(C3)C1)C2.CCC(C)(C)C(=O)OCC1COC(=O)O1. The average Bonchev–Trinajstić information content (AvgIpc) is 3.93. The van der Waals surface area contributed by atoms with Gasteiger partial charge < -0.3 is 38.3 Å². The van der Waals surface area contributed by atoms with E-state index in [0.717, 1.165) is 69.6 Å². The molecule has 412 valence electrons. The number of hydrogen-bond donors (Lipinski definition) is 1. The van der Waals surface area contributed by atoms with Crippen molar-refractivity contribution in [2.75, 3.05) is 19.8 Å². The van der Waals surface area contributed by atoms with Crippen LogP contribution in [0.1, 0.15) is 219 Å². The quantitative estimate of drug-likeness (QED) is 0.114. The fourth-order valence-corrected chi connectivity index (χ4v) is 12.9. The Morgan fingerprint density at radius 2 is 1.11 bits per heavy atom. The molecule has 8 bridgehead atoms. The molecular weight excluding hydrogens is 921 g/mol. The van der Waals surface area contributed by atoms with Crippen LogP contribution in [0.5, 0.6) is 0 Å². The Bertz CT molecular complexity index is 1850. The molecule has 10 fully saturated rings. The number of hydrogen-bond acceptors (Lipinski definition) is 14. The van der Waals surface area contributed by atoms with Crippen LogP contribution in [0.15, 0.2) is 0 Å². The van der Waals surface area contributed by atoms with E-state index in [1.54, 1.807) is 13.8 Å². The lowest BCUT2D eigenvalue weighted by molar-refractivity contribution is -0.222. The molecule has 72 heavy (non-hydrogen) atoms. The van der Waals surface area contributed by atoms with E-state index in [1.807, 2.05) is 62.3 Å². The summed E-state index contributed by atoms with van der Waals surface area (Å²) in [5.41, 5.74) is -3.07. The molecule has 1 aliphatic heterocycles. The van der Waals surface area contributed by atoms with Crippen molar-refractivity contribution in [2.45, 2.75) is 248 Å². The number of carbonyl (C=O) groups excluding carboxylic acids is 6. The third kappa shape index (κ3) is 14.5. The molecule has 0 aromatic carbocycles. The van der Waals surface area contributed by atoms with E-state index in [2.05, 4.69) is 25.5 Å². The Hall–Kier alpha value is -3.42. The average molecular weight is 1020 g/mol. The molecule has 14 nitrogen and oxygen atoms in total. The first-order valence-corrected chi connectivity index (χ1v) is 28.1. The maximum Gasteiger partial charge on any atom is 0.508 e. The van der Waals surface area contributed by atoms with E-state index in [1.165, 1.54) is 44.9 Å². The number of cyclic esters (lactones) is 2. The lowest BCUT2D eigenvalue weighted by Crippen LogP contribution is -2.60. The summed E-state index contributed by atoms with van der Waals surface area (Å²) in [6, 6.07) is 0. The summed E-state index contributed by atoms with van der Waals surface area (Å²) in [7, 11) is 0. The Labute approximate surface area is 432 Å². The summed E-state index contributed by atoms with van der Waals surface area (Å²) in [6.45, 7) is 27.4. The smallest absolute Gasteiger partial charge is 0.462 e. The van der Waals surface area contributed by atoms with Gasteiger partial charge in [0.1, 0.15) is 30.5 Å². The minimum Gasteiger partial charge on any atom is -0.462 e. The van der Waals surface area contributed by atoms with Crippen LogP contribution in [-0.2, 0) is 57.1 Å². The van der Waals surface area contributed by atoms with Gasteiger partial charge in [0.25, 0.3) is 0 Å². The zero-order valence-corrected chi connectivity index (χ0v) is 47.0. The van der Waals surface area contributed by atoms with E-state index < -0.39 is 40.3 Å². The van der Waals surface area contributed by atoms with Crippen molar-refractivity contribution in [3.05, 3.63) is 0 Å². The molecule has 0 aromatic rings. The molecule has 0 radical (unpaired) electrons. The maximum atomic E-state index is 12.6. The van der Waals surface area contributed by atoms with E-state index in [9.17, 15) is 33.9 Å². The first kappa shape index (κ1) is 59.5. The van der Waals surface area contributed by atoms with Crippen molar-refractivity contribution >= 4 is 36.0 Å². The number of ether oxygens (including phenoxy) is 7. The van der Waals surface area contributed by atoms with Crippen molar-refractivity contribution in [3.8, 4) is 0 Å². The van der Waals surface area contributed by atoms with Crippen LogP contribution in [0.4, 0.5) is 4.79 Å². The maximum absolute atomic E-state index is 12.6. The molecule has 0 amide bonds. The molecule has 5 unspecified atom stereocenters. The number of carbonyl (C=O) groups is 6. The van der Waals surface area contributed by atoms with Crippen molar-refractivity contribution < 1.29 is 67.0 Å². The summed E-state index contributed by atoms with van der Waals surface area (Å²) < 4.78 is 37.0. The van der Waals surface area contributed by atoms with Gasteiger partial charge in [-0.2, -0.15) is 0 Å². The lowest BCUT2D eigenvalue weighted by Gasteiger charge is -2.60. The zero-order valence-electron chi connectivity index (χ0n) is 47.0. The highest BCUT2D eigenvalue weighted by atomic mass is 16.8. The van der Waals surface area contributed by atoms with E-state index in [-0.39, 0.29) is 66.2 Å². The van der Waals surface area contributed by atoms with Crippen LogP contribution >= 0.6 is 0 Å². The van der Waals surface area contributed by atoms with Gasteiger partial charge in [0.15, 0.2) is 12.7 Å². The van der Waals surface area contributed by atoms with Gasteiger partial charge in [-0.3, -0.25) is 19.2 Å². The third-order valence-electron chi connectivity index (χ3n) is 18.8. The van der Waals surface area contributed by atoms with Crippen molar-refractivity contribution in [1.82, 2.24) is 0 Å². The second-order valence-corrected chi connectivity index (χ2v) is 26.1. The van der Waals surface area contributed by atoms with Gasteiger partial charge in [0, 0.05) is 6.42 Å². The third-order valence-corrected chi connectivity index (χ3v) is 18.8. The first-order chi connectivity index (χ1) is 33.5. The number of rotatable bonds is 16. The summed E-state index contributed by atoms with van der Waals surface area (Å²) in [6.07, 6.45) is 18.2. The lowest BCUT2D eigenvalue weighted by atomic mass is 9.49. The van der Waals surface area contributed by atoms with Crippen molar-refractivity contribution in [1.29, 1.82) is 0 Å². The summed E-state index contributed by atoms with van der Waals surface area (Å²) in [4.78, 5) is 70.6. The van der Waals surface area contributed by atoms with Crippen molar-refractivity contribution in [3.63, 3.8) is 0 Å². The van der Waals surface area contributed by atoms with E-state index in [4.69, 9.17) is 28.4 Å². The molecule has 10 aliphatic rings. The molecule has 0 spiro atoms. The van der Waals surface area contributed by atoms with Gasteiger partial charge in [-0.25, -0.2) is 9.59 Å². The van der Waals surface area contributed by atoms with Crippen LogP contribution in [0.2, 0.25) is 0 Å². The highest BCUT2D eigenvalue weighted by Gasteiger charge is 2.60. The second kappa shape index (κ2) is 23.6. The van der Waals surface area contributed by atoms with E-state index in [0.29, 0.717) is 48.9 Å². The molecule has 5 atom stereocenters. The van der Waals surface area contributed by atoms with Gasteiger partial charge in [-0.15, -0.1) is 0 Å². The largest absolute Gasteiger partial charge is 0.508 e. The van der Waals surface area contributed by atoms with Crippen LogP contribution in [0, 0.1) is 63.1 Å². The topological polar surface area (TPSA) is 187 Å². The molecule has 1 N–H and O–H groups in total. The van der Waals surface area contributed by atoms with Gasteiger partial charge in [0.2, 0.25) is 0 Å². The highest BCUT2D eigenvalue weighted by Crippen LogP contribution is 2.61. The predicted molar refractivity (Wildman–Crippen MR) is 272 cm³/mol. The molecular formula is C58H96O14. The highest BCUT2D eigenvalue weighted by molar-refractivity contribution is 5.80.